The molecule has 1 aliphatic heterocycles. The number of carbonyl (C=O) groups excluding carboxylic acids is 1. The van der Waals surface area contributed by atoms with Crippen LogP contribution in [0.25, 0.3) is 0 Å². The van der Waals surface area contributed by atoms with Gasteiger partial charge in [-0.15, -0.1) is 0 Å². The number of nitrogens with two attached hydrogens (primary N) is 1. The second-order valence-corrected chi connectivity index (χ2v) is 4.76. The van der Waals surface area contributed by atoms with Gasteiger partial charge in [0.2, 0.25) is 0 Å². The van der Waals surface area contributed by atoms with E-state index in [-0.39, 0.29) is 10.1 Å². The van der Waals surface area contributed by atoms with E-state index in [1.54, 1.807) is 0 Å². The Bertz CT molecular complexity index is 292. The number of rotatable bonds is 1. The van der Waals surface area contributed by atoms with Crippen LogP contribution in [0.2, 0.25) is 0 Å². The van der Waals surface area contributed by atoms with Gasteiger partial charge in [-0.3, -0.25) is 4.79 Å². The third-order valence-electron chi connectivity index (χ3n) is 0.966. The molecule has 0 aromatic rings. The Kier molecular flexibility index (Phi) is 2.19. The van der Waals surface area contributed by atoms with Crippen molar-refractivity contribution in [2.24, 2.45) is 5.14 Å². The fraction of sp³-hybridized carbons (Fsp3) is 0.333. The van der Waals surface area contributed by atoms with Crippen molar-refractivity contribution in [3.8, 4) is 0 Å². The third-order valence-corrected chi connectivity index (χ3v) is 3.45. The maximum Gasteiger partial charge on any atom is 0.306 e. The summed E-state index contributed by atoms with van der Waals surface area (Å²) in [4.78, 5) is 10.8. The molecule has 0 unspecified atom stereocenters. The average molecular weight is 212 g/mol. The second-order valence-electron chi connectivity index (χ2n) is 1.76. The van der Waals surface area contributed by atoms with E-state index in [4.69, 9.17) is 5.14 Å². The van der Waals surface area contributed by atoms with Crippen LogP contribution in [0.5, 0.6) is 0 Å². The van der Waals surface area contributed by atoms with Crippen molar-refractivity contribution < 1.29 is 13.2 Å². The van der Waals surface area contributed by atoms with Gasteiger partial charge in [0.15, 0.2) is 4.32 Å². The topological polar surface area (TPSA) is 80.5 Å². The molecule has 0 saturated carbocycles. The molecular formula is C3H4N2O3S3. The summed E-state index contributed by atoms with van der Waals surface area (Å²) in [6.45, 7) is 0. The molecule has 1 fully saturated rings. The molecule has 0 aromatic heterocycles. The number of thiocarbonyl (C=S) groups is 1. The highest BCUT2D eigenvalue weighted by Crippen LogP contribution is 2.20. The monoisotopic (exact) mass is 212 g/mol. The van der Waals surface area contributed by atoms with Crippen LogP contribution in [0.3, 0.4) is 0 Å². The fourth-order valence-electron chi connectivity index (χ4n) is 0.588. The summed E-state index contributed by atoms with van der Waals surface area (Å²) in [6, 6.07) is 0. The third kappa shape index (κ3) is 1.70. The molecule has 0 atom stereocenters. The molecule has 1 amide bonds. The van der Waals surface area contributed by atoms with Crippen LogP contribution in [-0.2, 0) is 15.0 Å². The summed E-state index contributed by atoms with van der Waals surface area (Å²) in [5.74, 6) is -0.530. The van der Waals surface area contributed by atoms with E-state index in [9.17, 15) is 13.2 Å². The van der Waals surface area contributed by atoms with E-state index < -0.39 is 16.1 Å². The van der Waals surface area contributed by atoms with Crippen molar-refractivity contribution in [3.05, 3.63) is 0 Å². The van der Waals surface area contributed by atoms with E-state index in [0.717, 1.165) is 11.8 Å². The van der Waals surface area contributed by atoms with Gasteiger partial charge in [-0.1, -0.05) is 24.0 Å². The maximum absolute atomic E-state index is 10.8. The quantitative estimate of drug-likeness (QED) is 0.567. The van der Waals surface area contributed by atoms with Crippen molar-refractivity contribution in [1.29, 1.82) is 0 Å². The predicted molar refractivity (Wildman–Crippen MR) is 45.0 cm³/mol. The molecular weight excluding hydrogens is 208 g/mol. The van der Waals surface area contributed by atoms with Crippen LogP contribution in [0, 0.1) is 0 Å². The minimum atomic E-state index is -3.98. The highest BCUT2D eigenvalue weighted by molar-refractivity contribution is 8.25. The van der Waals surface area contributed by atoms with E-state index in [1.807, 2.05) is 0 Å². The molecule has 0 aliphatic carbocycles. The fourth-order valence-corrected chi connectivity index (χ4v) is 2.88. The highest BCUT2D eigenvalue weighted by Gasteiger charge is 2.34. The van der Waals surface area contributed by atoms with Crippen molar-refractivity contribution in [3.63, 3.8) is 0 Å². The number of hydrogen-bond donors (Lipinski definition) is 1. The van der Waals surface area contributed by atoms with E-state index in [2.05, 4.69) is 12.2 Å². The number of hydrogen-bond acceptors (Lipinski definition) is 5. The molecule has 2 N–H and O–H groups in total. The lowest BCUT2D eigenvalue weighted by Gasteiger charge is -2.09. The minimum absolute atomic E-state index is 0.00231. The summed E-state index contributed by atoms with van der Waals surface area (Å²) in [5, 5.41) is 4.70. The second kappa shape index (κ2) is 2.70. The van der Waals surface area contributed by atoms with Crippen LogP contribution < -0.4 is 5.14 Å². The lowest BCUT2D eigenvalue weighted by molar-refractivity contribution is -0.120. The normalized spacial score (nSPS) is 19.5. The van der Waals surface area contributed by atoms with E-state index in [1.165, 1.54) is 0 Å². The summed E-state index contributed by atoms with van der Waals surface area (Å²) in [5.41, 5.74) is 0. The van der Waals surface area contributed by atoms with Gasteiger partial charge in [0.05, 0.1) is 5.75 Å². The molecule has 1 aliphatic rings. The Morgan fingerprint density at radius 2 is 2.18 bits per heavy atom. The number of thioether (sulfide) groups is 1. The molecule has 1 saturated heterocycles. The Hall–Kier alpha value is -0.180. The lowest BCUT2D eigenvalue weighted by atomic mass is 10.7. The van der Waals surface area contributed by atoms with Gasteiger partial charge in [0, 0.05) is 0 Å². The SMILES string of the molecule is NS(=O)(=O)N1C(=O)CSC1=S. The predicted octanol–water partition coefficient (Wildman–Crippen LogP) is -0.950. The van der Waals surface area contributed by atoms with Gasteiger partial charge in [0.1, 0.15) is 0 Å². The summed E-state index contributed by atoms with van der Waals surface area (Å²) in [6.07, 6.45) is 0. The first-order valence-electron chi connectivity index (χ1n) is 2.45. The molecule has 62 valence electrons. The molecule has 8 heteroatoms. The van der Waals surface area contributed by atoms with Crippen molar-refractivity contribution >= 4 is 44.4 Å². The smallest absolute Gasteiger partial charge is 0.272 e. The van der Waals surface area contributed by atoms with Crippen LogP contribution in [0.15, 0.2) is 0 Å². The molecule has 0 spiro atoms. The zero-order valence-electron chi connectivity index (χ0n) is 5.18. The average Bonchev–Trinajstić information content (AvgIpc) is 2.08. The number of carbonyl (C=O) groups is 1. The largest absolute Gasteiger partial charge is 0.306 e. The lowest BCUT2D eigenvalue weighted by Crippen LogP contribution is -2.39. The zero-order valence-corrected chi connectivity index (χ0v) is 7.63. The molecule has 0 radical (unpaired) electrons. The van der Waals surface area contributed by atoms with Gasteiger partial charge in [-0.25, -0.2) is 5.14 Å². The minimum Gasteiger partial charge on any atom is -0.272 e. The van der Waals surface area contributed by atoms with Crippen molar-refractivity contribution in [2.75, 3.05) is 5.75 Å². The maximum atomic E-state index is 10.8. The summed E-state index contributed by atoms with van der Waals surface area (Å²) < 4.78 is 21.7. The first-order valence-corrected chi connectivity index (χ1v) is 5.35. The number of amides is 1. The molecule has 1 rings (SSSR count). The Morgan fingerprint density at radius 1 is 1.64 bits per heavy atom. The standard InChI is InChI=1S/C3H4N2O3S3/c4-11(7,8)5-2(6)1-10-3(5)9/h1H2,(H2,4,7,8). The van der Waals surface area contributed by atoms with E-state index >= 15 is 0 Å². The van der Waals surface area contributed by atoms with Gasteiger partial charge in [0.25, 0.3) is 5.91 Å². The van der Waals surface area contributed by atoms with Crippen LogP contribution in [0.1, 0.15) is 0 Å². The van der Waals surface area contributed by atoms with Crippen molar-refractivity contribution in [1.82, 2.24) is 4.31 Å². The molecule has 1 heterocycles. The Balaban J connectivity index is 3.05. The van der Waals surface area contributed by atoms with Gasteiger partial charge in [-0.05, 0) is 0 Å². The molecule has 0 bridgehead atoms. The zero-order chi connectivity index (χ0) is 8.65. The Labute approximate surface area is 73.1 Å². The van der Waals surface area contributed by atoms with E-state index in [0.29, 0.717) is 4.31 Å². The summed E-state index contributed by atoms with van der Waals surface area (Å²) in [7, 11) is -3.98. The van der Waals surface area contributed by atoms with Crippen LogP contribution in [-0.4, -0.2) is 28.7 Å². The van der Waals surface area contributed by atoms with Gasteiger partial charge >= 0.3 is 10.2 Å². The first-order chi connectivity index (χ1) is 4.93. The van der Waals surface area contributed by atoms with Crippen LogP contribution in [0.4, 0.5) is 0 Å². The molecule has 11 heavy (non-hydrogen) atoms. The summed E-state index contributed by atoms with van der Waals surface area (Å²) >= 11 is 5.56. The first kappa shape index (κ1) is 8.91. The number of nitrogens with zero attached hydrogens (tertiary/aromatic N) is 1. The molecule has 0 aromatic carbocycles. The van der Waals surface area contributed by atoms with Crippen molar-refractivity contribution in [2.45, 2.75) is 0 Å². The highest BCUT2D eigenvalue weighted by atomic mass is 32.2. The molecule has 5 nitrogen and oxygen atoms in total. The Morgan fingerprint density at radius 3 is 2.36 bits per heavy atom. The van der Waals surface area contributed by atoms with Gasteiger partial charge in [-0.2, -0.15) is 12.7 Å². The van der Waals surface area contributed by atoms with Gasteiger partial charge < -0.3 is 0 Å². The van der Waals surface area contributed by atoms with Crippen LogP contribution >= 0.6 is 24.0 Å².